The number of amides is 1. The fraction of sp³-hybridized carbons (Fsp3) is 0.321. The first-order valence-electron chi connectivity index (χ1n) is 11.6. The van der Waals surface area contributed by atoms with Crippen LogP contribution in [0.2, 0.25) is 0 Å². The van der Waals surface area contributed by atoms with Crippen molar-refractivity contribution in [2.24, 2.45) is 11.1 Å². The number of rotatable bonds is 5. The molecule has 3 N–H and O–H groups in total. The van der Waals surface area contributed by atoms with Crippen molar-refractivity contribution in [3.8, 4) is 11.8 Å². The van der Waals surface area contributed by atoms with Crippen molar-refractivity contribution in [3.63, 3.8) is 0 Å². The molecule has 186 valence electrons. The number of hydrogen-bond acceptors (Lipinski definition) is 6. The Morgan fingerprint density at radius 2 is 1.97 bits per heavy atom. The van der Waals surface area contributed by atoms with Crippen LogP contribution in [0.4, 0.5) is 5.69 Å². The van der Waals surface area contributed by atoms with Crippen molar-refractivity contribution in [3.05, 3.63) is 80.3 Å². The van der Waals surface area contributed by atoms with Crippen LogP contribution in [-0.4, -0.2) is 18.3 Å². The Bertz CT molecular complexity index is 1370. The van der Waals surface area contributed by atoms with Crippen LogP contribution in [-0.2, 0) is 14.3 Å². The molecule has 1 aliphatic heterocycles. The molecule has 0 radical (unpaired) electrons. The van der Waals surface area contributed by atoms with Gasteiger partial charge in [0.15, 0.2) is 12.4 Å². The van der Waals surface area contributed by atoms with Gasteiger partial charge in [-0.15, -0.1) is 0 Å². The standard InChI is InChI=1S/C28H28BrN3O4/c1-15-5-7-18(9-16(15)2)32-24(34)14-35-22-8-6-17(29)10-19(22)25-20(13-30)27(31)36-23-12-28(3,4)11-21(33)26(23)25/h5-10,25H,11-12,14,31H2,1-4H3,(H,32,34). The van der Waals surface area contributed by atoms with Crippen LogP contribution in [0.1, 0.15) is 49.3 Å². The second kappa shape index (κ2) is 9.82. The molecule has 0 bridgehead atoms. The minimum Gasteiger partial charge on any atom is -0.483 e. The van der Waals surface area contributed by atoms with E-state index < -0.39 is 5.92 Å². The number of carbonyl (C=O) groups excluding carboxylic acids is 2. The van der Waals surface area contributed by atoms with Crippen molar-refractivity contribution in [2.45, 2.75) is 46.5 Å². The van der Waals surface area contributed by atoms with Gasteiger partial charge in [-0.1, -0.05) is 35.8 Å². The number of nitriles is 1. The van der Waals surface area contributed by atoms with Crippen LogP contribution in [0, 0.1) is 30.6 Å². The third-order valence-corrected chi connectivity index (χ3v) is 7.00. The highest BCUT2D eigenvalue weighted by atomic mass is 79.9. The fourth-order valence-electron chi connectivity index (χ4n) is 4.63. The summed E-state index contributed by atoms with van der Waals surface area (Å²) in [5, 5.41) is 12.8. The van der Waals surface area contributed by atoms with Gasteiger partial charge in [0.1, 0.15) is 23.2 Å². The fourth-order valence-corrected chi connectivity index (χ4v) is 5.01. The Kier molecular flexibility index (Phi) is 6.96. The van der Waals surface area contributed by atoms with Crippen molar-refractivity contribution >= 4 is 33.3 Å². The lowest BCUT2D eigenvalue weighted by molar-refractivity contribution is -0.119. The van der Waals surface area contributed by atoms with Crippen LogP contribution in [0.25, 0.3) is 0 Å². The van der Waals surface area contributed by atoms with Gasteiger partial charge in [-0.3, -0.25) is 9.59 Å². The summed E-state index contributed by atoms with van der Waals surface area (Å²) in [6, 6.07) is 13.1. The van der Waals surface area contributed by atoms with Gasteiger partial charge in [0.25, 0.3) is 5.91 Å². The number of benzene rings is 2. The van der Waals surface area contributed by atoms with E-state index in [1.807, 2.05) is 45.9 Å². The number of nitrogens with two attached hydrogens (primary N) is 1. The number of anilines is 1. The molecule has 0 saturated heterocycles. The number of aryl methyl sites for hydroxylation is 2. The molecule has 2 aromatic carbocycles. The van der Waals surface area contributed by atoms with E-state index in [0.29, 0.717) is 41.2 Å². The summed E-state index contributed by atoms with van der Waals surface area (Å²) < 4.78 is 12.5. The third-order valence-electron chi connectivity index (χ3n) is 6.51. The Labute approximate surface area is 219 Å². The number of nitrogens with zero attached hydrogens (tertiary/aromatic N) is 1. The third kappa shape index (κ3) is 5.17. The molecule has 1 heterocycles. The van der Waals surface area contributed by atoms with Gasteiger partial charge in [0, 0.05) is 34.1 Å². The van der Waals surface area contributed by atoms with Gasteiger partial charge >= 0.3 is 0 Å². The molecular formula is C28H28BrN3O4. The molecule has 1 unspecified atom stereocenters. The molecule has 7 nitrogen and oxygen atoms in total. The molecule has 36 heavy (non-hydrogen) atoms. The van der Waals surface area contributed by atoms with E-state index in [0.717, 1.165) is 15.6 Å². The number of allylic oxidation sites excluding steroid dienone is 3. The quantitative estimate of drug-likeness (QED) is 0.506. The highest BCUT2D eigenvalue weighted by Crippen LogP contribution is 2.49. The van der Waals surface area contributed by atoms with Gasteiger partial charge in [-0.2, -0.15) is 5.26 Å². The highest BCUT2D eigenvalue weighted by molar-refractivity contribution is 9.10. The minimum absolute atomic E-state index is 0.0230. The van der Waals surface area contributed by atoms with E-state index in [2.05, 4.69) is 27.3 Å². The molecule has 1 amide bonds. The van der Waals surface area contributed by atoms with E-state index >= 15 is 0 Å². The van der Waals surface area contributed by atoms with Gasteiger partial charge in [-0.25, -0.2) is 0 Å². The molecule has 0 spiro atoms. The van der Waals surface area contributed by atoms with E-state index in [1.165, 1.54) is 0 Å². The van der Waals surface area contributed by atoms with Crippen molar-refractivity contribution in [2.75, 3.05) is 11.9 Å². The number of nitrogens with one attached hydrogen (secondary N) is 1. The summed E-state index contributed by atoms with van der Waals surface area (Å²) in [5.41, 5.74) is 9.88. The average Bonchev–Trinajstić information content (AvgIpc) is 2.79. The number of hydrogen-bond donors (Lipinski definition) is 2. The van der Waals surface area contributed by atoms with Crippen LogP contribution in [0.5, 0.6) is 5.75 Å². The monoisotopic (exact) mass is 549 g/mol. The van der Waals surface area contributed by atoms with Crippen molar-refractivity contribution in [1.82, 2.24) is 0 Å². The molecule has 2 aromatic rings. The topological polar surface area (TPSA) is 114 Å². The van der Waals surface area contributed by atoms with Crippen LogP contribution in [0.15, 0.2) is 63.7 Å². The summed E-state index contributed by atoms with van der Waals surface area (Å²) >= 11 is 3.48. The maximum atomic E-state index is 13.3. The SMILES string of the molecule is Cc1ccc(NC(=O)COc2ccc(Br)cc2C2C(C#N)=C(N)OC3=C2C(=O)CC(C)(C)C3)cc1C. The predicted molar refractivity (Wildman–Crippen MR) is 140 cm³/mol. The van der Waals surface area contributed by atoms with Crippen molar-refractivity contribution in [1.29, 1.82) is 5.26 Å². The number of ketones is 1. The van der Waals surface area contributed by atoms with Crippen LogP contribution < -0.4 is 15.8 Å². The lowest BCUT2D eigenvalue weighted by atomic mass is 9.70. The van der Waals surface area contributed by atoms with Crippen LogP contribution >= 0.6 is 15.9 Å². The minimum atomic E-state index is -0.752. The summed E-state index contributed by atoms with van der Waals surface area (Å²) in [5.74, 6) is -0.334. The maximum absolute atomic E-state index is 13.3. The van der Waals surface area contributed by atoms with Gasteiger partial charge in [0.05, 0.1) is 5.92 Å². The normalized spacial score (nSPS) is 18.8. The van der Waals surface area contributed by atoms with E-state index in [1.54, 1.807) is 18.2 Å². The van der Waals surface area contributed by atoms with E-state index in [9.17, 15) is 14.9 Å². The largest absolute Gasteiger partial charge is 0.483 e. The zero-order valence-electron chi connectivity index (χ0n) is 20.7. The van der Waals surface area contributed by atoms with Crippen molar-refractivity contribution < 1.29 is 19.1 Å². The smallest absolute Gasteiger partial charge is 0.262 e. The molecule has 8 heteroatoms. The first-order valence-corrected chi connectivity index (χ1v) is 12.4. The Hall–Kier alpha value is -3.57. The predicted octanol–water partition coefficient (Wildman–Crippen LogP) is 5.53. The summed E-state index contributed by atoms with van der Waals surface area (Å²) in [6.45, 7) is 7.72. The maximum Gasteiger partial charge on any atom is 0.262 e. The molecule has 0 saturated carbocycles. The average molecular weight is 550 g/mol. The zero-order chi connectivity index (χ0) is 26.2. The lowest BCUT2D eigenvalue weighted by Crippen LogP contribution is -2.33. The molecule has 0 fully saturated rings. The van der Waals surface area contributed by atoms with E-state index in [-0.39, 0.29) is 35.2 Å². The summed E-state index contributed by atoms with van der Waals surface area (Å²) in [4.78, 5) is 25.9. The van der Waals surface area contributed by atoms with Gasteiger partial charge < -0.3 is 20.5 Å². The molecule has 1 atom stereocenters. The second-order valence-corrected chi connectivity index (χ2v) is 10.9. The molecular weight excluding hydrogens is 522 g/mol. The summed E-state index contributed by atoms with van der Waals surface area (Å²) in [7, 11) is 0. The molecule has 1 aliphatic carbocycles. The first kappa shape index (κ1) is 25.5. The first-order chi connectivity index (χ1) is 17.0. The van der Waals surface area contributed by atoms with Gasteiger partial charge in [-0.05, 0) is 60.7 Å². The summed E-state index contributed by atoms with van der Waals surface area (Å²) in [6.07, 6.45) is 0.847. The molecule has 0 aromatic heterocycles. The number of halogens is 1. The Morgan fingerprint density at radius 3 is 2.67 bits per heavy atom. The highest BCUT2D eigenvalue weighted by Gasteiger charge is 2.43. The number of ether oxygens (including phenoxy) is 2. The number of Topliss-reactive ketones (excluding diaryl/α,β-unsaturated/α-hetero) is 1. The lowest BCUT2D eigenvalue weighted by Gasteiger charge is -2.37. The van der Waals surface area contributed by atoms with E-state index in [4.69, 9.17) is 15.2 Å². The Morgan fingerprint density at radius 1 is 1.22 bits per heavy atom. The second-order valence-electron chi connectivity index (χ2n) is 10.0. The van der Waals surface area contributed by atoms with Crippen LogP contribution in [0.3, 0.4) is 0 Å². The van der Waals surface area contributed by atoms with Gasteiger partial charge in [0.2, 0.25) is 5.88 Å². The Balaban J connectivity index is 1.66. The zero-order valence-corrected chi connectivity index (χ0v) is 22.3. The molecule has 4 rings (SSSR count). The number of carbonyl (C=O) groups is 2. The molecule has 2 aliphatic rings.